The molecule has 30 heavy (non-hydrogen) atoms. The highest BCUT2D eigenvalue weighted by Crippen LogP contribution is 2.63. The molecule has 0 bridgehead atoms. The topological polar surface area (TPSA) is 43.1 Å². The first-order valence-corrected chi connectivity index (χ1v) is 14.9. The molecule has 0 saturated heterocycles. The van der Waals surface area contributed by atoms with Crippen molar-refractivity contribution in [2.24, 2.45) is 0 Å². The molecule has 0 aliphatic heterocycles. The minimum atomic E-state index is -0.968. The maximum Gasteiger partial charge on any atom is 0.224 e. The average molecular weight is 445 g/mol. The van der Waals surface area contributed by atoms with E-state index in [1.807, 2.05) is 36.4 Å². The fraction of sp³-hybridized carbons (Fsp3) is 0.500. The largest absolute Gasteiger partial charge is 0.399 e. The van der Waals surface area contributed by atoms with Crippen LogP contribution in [0, 0.1) is 0 Å². The molecule has 2 aromatic rings. The van der Waals surface area contributed by atoms with Crippen LogP contribution in [0.3, 0.4) is 0 Å². The molecular formula is C26H39NOPS+. The SMILES string of the molecule is CCCC[P+](CCCC)(CCCC)Cc1ccc(C(=O)Sc2ccc(N)cc2)cc1. The Morgan fingerprint density at radius 2 is 1.30 bits per heavy atom. The first kappa shape index (κ1) is 25.0. The van der Waals surface area contributed by atoms with Gasteiger partial charge < -0.3 is 5.73 Å². The van der Waals surface area contributed by atoms with Gasteiger partial charge in [0.05, 0.1) is 24.6 Å². The van der Waals surface area contributed by atoms with Crippen molar-refractivity contribution in [2.75, 3.05) is 24.2 Å². The van der Waals surface area contributed by atoms with Gasteiger partial charge in [-0.25, -0.2) is 0 Å². The van der Waals surface area contributed by atoms with E-state index >= 15 is 0 Å². The summed E-state index contributed by atoms with van der Waals surface area (Å²) in [5, 5.41) is 0.0929. The van der Waals surface area contributed by atoms with Crippen molar-refractivity contribution < 1.29 is 4.79 Å². The zero-order chi connectivity index (χ0) is 21.8. The summed E-state index contributed by atoms with van der Waals surface area (Å²) in [6.45, 7) is 6.94. The molecule has 0 saturated carbocycles. The van der Waals surface area contributed by atoms with E-state index in [9.17, 15) is 4.79 Å². The molecule has 0 amide bonds. The Kier molecular flexibility index (Phi) is 11.0. The van der Waals surface area contributed by atoms with Crippen LogP contribution in [0.4, 0.5) is 5.69 Å². The fourth-order valence-electron chi connectivity index (χ4n) is 3.89. The van der Waals surface area contributed by atoms with E-state index < -0.39 is 7.26 Å². The molecule has 0 spiro atoms. The monoisotopic (exact) mass is 444 g/mol. The number of rotatable bonds is 13. The normalized spacial score (nSPS) is 11.6. The first-order valence-electron chi connectivity index (χ1n) is 11.5. The predicted molar refractivity (Wildman–Crippen MR) is 137 cm³/mol. The highest BCUT2D eigenvalue weighted by atomic mass is 32.2. The lowest BCUT2D eigenvalue weighted by Gasteiger charge is -2.28. The van der Waals surface area contributed by atoms with Gasteiger partial charge in [0.1, 0.15) is 0 Å². The molecule has 4 heteroatoms. The van der Waals surface area contributed by atoms with E-state index in [4.69, 9.17) is 5.73 Å². The molecule has 2 rings (SSSR count). The van der Waals surface area contributed by atoms with Gasteiger partial charge >= 0.3 is 0 Å². The van der Waals surface area contributed by atoms with Crippen LogP contribution in [0.1, 0.15) is 75.2 Å². The van der Waals surface area contributed by atoms with Crippen LogP contribution in [-0.2, 0) is 6.16 Å². The molecule has 0 aromatic heterocycles. The van der Waals surface area contributed by atoms with Gasteiger partial charge in [-0.2, -0.15) is 0 Å². The molecule has 2 nitrogen and oxygen atoms in total. The zero-order valence-electron chi connectivity index (χ0n) is 19.0. The van der Waals surface area contributed by atoms with Gasteiger partial charge in [0, 0.05) is 23.4 Å². The smallest absolute Gasteiger partial charge is 0.224 e. The van der Waals surface area contributed by atoms with Gasteiger partial charge in [0.15, 0.2) is 0 Å². The van der Waals surface area contributed by atoms with Crippen LogP contribution >= 0.6 is 19.0 Å². The third kappa shape index (κ3) is 8.08. The molecule has 2 N–H and O–H groups in total. The quantitative estimate of drug-likeness (QED) is 0.193. The number of unbranched alkanes of at least 4 members (excludes halogenated alkanes) is 3. The van der Waals surface area contributed by atoms with E-state index in [1.54, 1.807) is 0 Å². The standard InChI is InChI=1S/C26H39NOPS/c1-4-7-18-29(19-8-5-2,20-9-6-3)21-22-10-12-23(13-11-22)26(28)30-25-16-14-24(27)15-17-25/h10-17H,4-9,18-21,27H2,1-3H3/q+1. The molecule has 164 valence electrons. The maximum atomic E-state index is 12.7. The minimum absolute atomic E-state index is 0.0929. The summed E-state index contributed by atoms with van der Waals surface area (Å²) in [5.74, 6) is 0. The second kappa shape index (κ2) is 13.2. The maximum absolute atomic E-state index is 12.7. The molecular weight excluding hydrogens is 405 g/mol. The van der Waals surface area contributed by atoms with E-state index in [2.05, 4.69) is 32.9 Å². The number of carbonyl (C=O) groups is 1. The fourth-order valence-corrected chi connectivity index (χ4v) is 9.72. The van der Waals surface area contributed by atoms with E-state index in [0.717, 1.165) is 16.1 Å². The summed E-state index contributed by atoms with van der Waals surface area (Å²) in [7, 11) is -0.968. The molecule has 0 unspecified atom stereocenters. The number of nitrogens with two attached hydrogens (primary N) is 1. The van der Waals surface area contributed by atoms with Crippen molar-refractivity contribution in [2.45, 2.75) is 70.4 Å². The number of carbonyl (C=O) groups excluding carboxylic acids is 1. The number of benzene rings is 2. The van der Waals surface area contributed by atoms with Crippen molar-refractivity contribution in [3.8, 4) is 0 Å². The Balaban J connectivity index is 2.10. The molecule has 0 fully saturated rings. The van der Waals surface area contributed by atoms with Crippen LogP contribution < -0.4 is 5.73 Å². The molecule has 0 radical (unpaired) electrons. The summed E-state index contributed by atoms with van der Waals surface area (Å²) < 4.78 is 0. The van der Waals surface area contributed by atoms with Crippen molar-refractivity contribution >= 4 is 29.8 Å². The third-order valence-electron chi connectivity index (χ3n) is 5.76. The number of thioether (sulfide) groups is 1. The molecule has 0 atom stereocenters. The van der Waals surface area contributed by atoms with Crippen molar-refractivity contribution in [1.82, 2.24) is 0 Å². The lowest BCUT2D eigenvalue weighted by atomic mass is 10.2. The Labute approximate surface area is 188 Å². The van der Waals surface area contributed by atoms with Crippen LogP contribution in [0.5, 0.6) is 0 Å². The summed E-state index contributed by atoms with van der Waals surface area (Å²) in [6.07, 6.45) is 13.5. The number of hydrogen-bond donors (Lipinski definition) is 1. The number of anilines is 1. The Morgan fingerprint density at radius 1 is 0.800 bits per heavy atom. The minimum Gasteiger partial charge on any atom is -0.399 e. The van der Waals surface area contributed by atoms with Crippen LogP contribution in [-0.4, -0.2) is 23.6 Å². The van der Waals surface area contributed by atoms with Crippen LogP contribution in [0.15, 0.2) is 53.4 Å². The van der Waals surface area contributed by atoms with E-state index in [1.165, 1.54) is 80.5 Å². The highest BCUT2D eigenvalue weighted by molar-refractivity contribution is 8.14. The Morgan fingerprint density at radius 3 is 1.77 bits per heavy atom. The summed E-state index contributed by atoms with van der Waals surface area (Å²) in [4.78, 5) is 13.6. The zero-order valence-corrected chi connectivity index (χ0v) is 20.7. The highest BCUT2D eigenvalue weighted by Gasteiger charge is 2.35. The van der Waals surface area contributed by atoms with Crippen molar-refractivity contribution in [3.63, 3.8) is 0 Å². The number of hydrogen-bond acceptors (Lipinski definition) is 3. The average Bonchev–Trinajstić information content (AvgIpc) is 2.76. The summed E-state index contributed by atoms with van der Waals surface area (Å²) in [5.41, 5.74) is 8.65. The van der Waals surface area contributed by atoms with Gasteiger partial charge in [-0.3, -0.25) is 4.79 Å². The third-order valence-corrected chi connectivity index (χ3v) is 11.5. The Hall–Kier alpha value is -1.31. The molecule has 0 aliphatic rings. The lowest BCUT2D eigenvalue weighted by molar-refractivity contribution is 0.108. The predicted octanol–water partition coefficient (Wildman–Crippen LogP) is 8.12. The van der Waals surface area contributed by atoms with E-state index in [-0.39, 0.29) is 5.12 Å². The van der Waals surface area contributed by atoms with Crippen molar-refractivity contribution in [3.05, 3.63) is 59.7 Å². The second-order valence-electron chi connectivity index (χ2n) is 8.39. The van der Waals surface area contributed by atoms with Gasteiger partial charge in [-0.05, 0) is 60.9 Å². The van der Waals surface area contributed by atoms with Gasteiger partial charge in [0.2, 0.25) is 5.12 Å². The Bertz CT molecular complexity index is 736. The first-order chi connectivity index (χ1) is 14.5. The van der Waals surface area contributed by atoms with Gasteiger partial charge in [-0.1, -0.05) is 64.3 Å². The molecule has 2 aromatic carbocycles. The number of nitrogen functional groups attached to an aromatic ring is 1. The van der Waals surface area contributed by atoms with Gasteiger partial charge in [-0.15, -0.1) is 0 Å². The summed E-state index contributed by atoms with van der Waals surface area (Å²) in [6, 6.07) is 15.9. The summed E-state index contributed by atoms with van der Waals surface area (Å²) >= 11 is 1.27. The molecule has 0 heterocycles. The van der Waals surface area contributed by atoms with Crippen LogP contribution in [0.2, 0.25) is 0 Å². The second-order valence-corrected chi connectivity index (χ2v) is 13.8. The molecule has 0 aliphatic carbocycles. The van der Waals surface area contributed by atoms with Crippen LogP contribution in [0.25, 0.3) is 0 Å². The van der Waals surface area contributed by atoms with Gasteiger partial charge in [0.25, 0.3) is 0 Å². The lowest BCUT2D eigenvalue weighted by Crippen LogP contribution is -2.11. The van der Waals surface area contributed by atoms with E-state index in [0.29, 0.717) is 0 Å². The van der Waals surface area contributed by atoms with Crippen molar-refractivity contribution in [1.29, 1.82) is 0 Å².